The van der Waals surface area contributed by atoms with Crippen LogP contribution in [0.2, 0.25) is 0 Å². The van der Waals surface area contributed by atoms with Crippen LogP contribution in [0.3, 0.4) is 0 Å². The van der Waals surface area contributed by atoms with Crippen molar-refractivity contribution in [1.29, 1.82) is 0 Å². The Morgan fingerprint density at radius 3 is 2.74 bits per heavy atom. The van der Waals surface area contributed by atoms with E-state index < -0.39 is 0 Å². The molecule has 0 spiro atoms. The van der Waals surface area contributed by atoms with Crippen LogP contribution in [0.1, 0.15) is 38.0 Å². The fourth-order valence-corrected chi connectivity index (χ4v) is 4.45. The van der Waals surface area contributed by atoms with Crippen molar-refractivity contribution in [3.8, 4) is 22.9 Å². The number of aromatic nitrogens is 2. The van der Waals surface area contributed by atoms with Gasteiger partial charge in [0.25, 0.3) is 5.89 Å². The van der Waals surface area contributed by atoms with Gasteiger partial charge in [-0.1, -0.05) is 11.6 Å². The molecule has 0 aliphatic heterocycles. The van der Waals surface area contributed by atoms with Gasteiger partial charge in [-0.3, -0.25) is 4.79 Å². The average Bonchev–Trinajstić information content (AvgIpc) is 3.42. The largest absolute Gasteiger partial charge is 0.493 e. The standard InChI is InChI=1S/C20H24N2O5/c1-24-16-6-5-14(9-17(16)25-2)20-21-18(27-22-20)11-26-19(23)10-15-8-12-3-4-13(15)7-12/h5-6,9,12-13,15H,3-4,7-8,10-11H2,1-2H3. The van der Waals surface area contributed by atoms with Gasteiger partial charge in [0.05, 0.1) is 14.2 Å². The number of carbonyl (C=O) groups is 1. The highest BCUT2D eigenvalue weighted by molar-refractivity contribution is 5.69. The first-order valence-electron chi connectivity index (χ1n) is 9.37. The molecule has 2 aliphatic rings. The van der Waals surface area contributed by atoms with Gasteiger partial charge in [-0.25, -0.2) is 0 Å². The molecule has 7 heteroatoms. The molecule has 1 aromatic heterocycles. The second kappa shape index (κ2) is 7.58. The maximum atomic E-state index is 12.1. The molecule has 4 rings (SSSR count). The van der Waals surface area contributed by atoms with Crippen molar-refractivity contribution in [3.05, 3.63) is 24.1 Å². The van der Waals surface area contributed by atoms with E-state index >= 15 is 0 Å². The van der Waals surface area contributed by atoms with Crippen molar-refractivity contribution in [1.82, 2.24) is 10.1 Å². The van der Waals surface area contributed by atoms with Crippen LogP contribution < -0.4 is 9.47 Å². The van der Waals surface area contributed by atoms with E-state index in [4.69, 9.17) is 18.7 Å². The van der Waals surface area contributed by atoms with E-state index in [0.29, 0.717) is 35.6 Å². The highest BCUT2D eigenvalue weighted by atomic mass is 16.6. The predicted octanol–water partition coefficient (Wildman–Crippen LogP) is 3.62. The third-order valence-corrected chi connectivity index (χ3v) is 5.78. The maximum absolute atomic E-state index is 12.1. The molecule has 144 valence electrons. The smallest absolute Gasteiger partial charge is 0.306 e. The molecule has 2 saturated carbocycles. The van der Waals surface area contributed by atoms with Crippen LogP contribution in [0.25, 0.3) is 11.4 Å². The summed E-state index contributed by atoms with van der Waals surface area (Å²) in [4.78, 5) is 16.4. The van der Waals surface area contributed by atoms with Gasteiger partial charge >= 0.3 is 5.97 Å². The van der Waals surface area contributed by atoms with Gasteiger partial charge in [-0.15, -0.1) is 0 Å². The summed E-state index contributed by atoms with van der Waals surface area (Å²) in [6.07, 6.45) is 5.55. The number of fused-ring (bicyclic) bond motifs is 2. The minimum Gasteiger partial charge on any atom is -0.493 e. The summed E-state index contributed by atoms with van der Waals surface area (Å²) >= 11 is 0. The quantitative estimate of drug-likeness (QED) is 0.686. The van der Waals surface area contributed by atoms with E-state index in [-0.39, 0.29) is 18.5 Å². The molecule has 2 fully saturated rings. The SMILES string of the molecule is COc1ccc(-c2noc(COC(=O)CC3CC4CCC3C4)n2)cc1OC. The number of rotatable bonds is 7. The van der Waals surface area contributed by atoms with Gasteiger partial charge in [-0.05, 0) is 55.2 Å². The molecule has 2 bridgehead atoms. The maximum Gasteiger partial charge on any atom is 0.306 e. The van der Waals surface area contributed by atoms with E-state index in [0.717, 1.165) is 11.5 Å². The number of carbonyl (C=O) groups excluding carboxylic acids is 1. The Morgan fingerprint density at radius 2 is 2.04 bits per heavy atom. The Morgan fingerprint density at radius 1 is 1.19 bits per heavy atom. The second-order valence-corrected chi connectivity index (χ2v) is 7.38. The zero-order valence-electron chi connectivity index (χ0n) is 15.6. The van der Waals surface area contributed by atoms with Crippen LogP contribution in [-0.4, -0.2) is 30.3 Å². The molecule has 0 radical (unpaired) electrons. The van der Waals surface area contributed by atoms with Crippen LogP contribution in [0.15, 0.2) is 22.7 Å². The molecule has 2 aliphatic carbocycles. The molecule has 27 heavy (non-hydrogen) atoms. The number of ether oxygens (including phenoxy) is 3. The zero-order chi connectivity index (χ0) is 18.8. The van der Waals surface area contributed by atoms with Crippen LogP contribution in [-0.2, 0) is 16.1 Å². The molecule has 0 N–H and O–H groups in total. The lowest BCUT2D eigenvalue weighted by Crippen LogP contribution is -2.17. The summed E-state index contributed by atoms with van der Waals surface area (Å²) in [7, 11) is 3.15. The van der Waals surface area contributed by atoms with Crippen molar-refractivity contribution in [2.45, 2.75) is 38.7 Å². The number of nitrogens with zero attached hydrogens (tertiary/aromatic N) is 2. The summed E-state index contributed by atoms with van der Waals surface area (Å²) in [6.45, 7) is -0.0000613. The first-order valence-corrected chi connectivity index (χ1v) is 9.37. The lowest BCUT2D eigenvalue weighted by Gasteiger charge is -2.20. The fraction of sp³-hybridized carbons (Fsp3) is 0.550. The molecule has 1 aromatic carbocycles. The summed E-state index contributed by atoms with van der Waals surface area (Å²) < 4.78 is 21.1. The Balaban J connectivity index is 1.33. The van der Waals surface area contributed by atoms with Crippen LogP contribution in [0, 0.1) is 17.8 Å². The predicted molar refractivity (Wildman–Crippen MR) is 96.2 cm³/mol. The first-order chi connectivity index (χ1) is 13.2. The van der Waals surface area contributed by atoms with Gasteiger partial charge in [0, 0.05) is 12.0 Å². The third kappa shape index (κ3) is 3.77. The molecule has 1 heterocycles. The van der Waals surface area contributed by atoms with Gasteiger partial charge in [0.1, 0.15) is 0 Å². The van der Waals surface area contributed by atoms with Crippen molar-refractivity contribution in [3.63, 3.8) is 0 Å². The van der Waals surface area contributed by atoms with E-state index in [1.165, 1.54) is 25.7 Å². The Labute approximate surface area is 158 Å². The fourth-order valence-electron chi connectivity index (χ4n) is 4.45. The highest BCUT2D eigenvalue weighted by Crippen LogP contribution is 2.49. The van der Waals surface area contributed by atoms with Crippen LogP contribution >= 0.6 is 0 Å². The van der Waals surface area contributed by atoms with E-state index in [2.05, 4.69) is 10.1 Å². The van der Waals surface area contributed by atoms with Gasteiger partial charge in [0.15, 0.2) is 18.1 Å². The van der Waals surface area contributed by atoms with Crippen molar-refractivity contribution in [2.24, 2.45) is 17.8 Å². The molecule has 0 amide bonds. The van der Waals surface area contributed by atoms with E-state index in [1.54, 1.807) is 26.4 Å². The lowest BCUT2D eigenvalue weighted by atomic mass is 9.86. The normalized spacial score (nSPS) is 23.4. The summed E-state index contributed by atoms with van der Waals surface area (Å²) in [5, 5.41) is 3.96. The van der Waals surface area contributed by atoms with Crippen molar-refractivity contribution in [2.75, 3.05) is 14.2 Å². The first kappa shape index (κ1) is 17.8. The Bertz CT molecular complexity index is 818. The molecule has 3 atom stereocenters. The summed E-state index contributed by atoms with van der Waals surface area (Å²) in [5.41, 5.74) is 0.732. The second-order valence-electron chi connectivity index (χ2n) is 7.38. The number of hydrogen-bond donors (Lipinski definition) is 0. The average molecular weight is 372 g/mol. The Hall–Kier alpha value is -2.57. The lowest BCUT2D eigenvalue weighted by molar-refractivity contribution is -0.147. The van der Waals surface area contributed by atoms with Gasteiger partial charge < -0.3 is 18.7 Å². The Kier molecular flexibility index (Phi) is 5.01. The molecule has 7 nitrogen and oxygen atoms in total. The number of methoxy groups -OCH3 is 2. The zero-order valence-corrected chi connectivity index (χ0v) is 15.6. The minimum atomic E-state index is -0.182. The number of hydrogen-bond acceptors (Lipinski definition) is 7. The molecule has 0 saturated heterocycles. The van der Waals surface area contributed by atoms with Crippen LogP contribution in [0.4, 0.5) is 0 Å². The molecule has 3 unspecified atom stereocenters. The van der Waals surface area contributed by atoms with Gasteiger partial charge in [-0.2, -0.15) is 4.98 Å². The molecular weight excluding hydrogens is 348 g/mol. The van der Waals surface area contributed by atoms with Crippen molar-refractivity contribution >= 4 is 5.97 Å². The number of esters is 1. The number of benzene rings is 1. The third-order valence-electron chi connectivity index (χ3n) is 5.78. The molecular formula is C20H24N2O5. The van der Waals surface area contributed by atoms with Crippen LogP contribution in [0.5, 0.6) is 11.5 Å². The summed E-state index contributed by atoms with van der Waals surface area (Å²) in [6, 6.07) is 5.37. The monoisotopic (exact) mass is 372 g/mol. The topological polar surface area (TPSA) is 83.7 Å². The van der Waals surface area contributed by atoms with Gasteiger partial charge in [0.2, 0.25) is 5.82 Å². The summed E-state index contributed by atoms with van der Waals surface area (Å²) in [5.74, 6) is 3.74. The molecule has 2 aromatic rings. The minimum absolute atomic E-state index is 0.0000613. The van der Waals surface area contributed by atoms with E-state index in [9.17, 15) is 4.79 Å². The van der Waals surface area contributed by atoms with Crippen molar-refractivity contribution < 1.29 is 23.5 Å². The highest BCUT2D eigenvalue weighted by Gasteiger charge is 2.40. The van der Waals surface area contributed by atoms with E-state index in [1.807, 2.05) is 6.07 Å².